The number of hydrogen-bond acceptors (Lipinski definition) is 7. The van der Waals surface area contributed by atoms with Gasteiger partial charge >= 0.3 is 17.9 Å². The molecule has 0 rings (SSSR count). The summed E-state index contributed by atoms with van der Waals surface area (Å²) in [5, 5.41) is 9.80. The molecular formula is C96H188NO8+. The van der Waals surface area contributed by atoms with E-state index in [1.165, 1.54) is 462 Å². The lowest BCUT2D eigenvalue weighted by Crippen LogP contribution is -2.40. The Hall–Kier alpha value is -1.97. The molecule has 0 saturated carbocycles. The van der Waals surface area contributed by atoms with Gasteiger partial charge in [0.2, 0.25) is 0 Å². The van der Waals surface area contributed by atoms with Crippen LogP contribution in [0.15, 0.2) is 12.2 Å². The summed E-state index contributed by atoms with van der Waals surface area (Å²) in [6.07, 6.45) is 110. The molecule has 0 aromatic heterocycles. The Balaban J connectivity index is 3.84. The van der Waals surface area contributed by atoms with Crippen molar-refractivity contribution in [2.75, 3.05) is 47.5 Å². The number of esters is 2. The summed E-state index contributed by atoms with van der Waals surface area (Å²) in [4.78, 5) is 37.9. The van der Waals surface area contributed by atoms with Crippen LogP contribution in [-0.4, -0.2) is 87.4 Å². The first kappa shape index (κ1) is 103. The number of allylic oxidation sites excluding steroid dienone is 2. The Morgan fingerprint density at radius 3 is 0.705 bits per heavy atom. The maximum Gasteiger partial charge on any atom is 0.361 e. The lowest BCUT2D eigenvalue weighted by molar-refractivity contribution is -0.870. The highest BCUT2D eigenvalue weighted by Gasteiger charge is 2.25. The van der Waals surface area contributed by atoms with Crippen LogP contribution in [0, 0.1) is 0 Å². The van der Waals surface area contributed by atoms with Gasteiger partial charge in [-0.1, -0.05) is 488 Å². The number of carboxylic acids is 1. The third-order valence-electron chi connectivity index (χ3n) is 22.5. The number of likely N-dealkylation sites (N-methyl/N-ethyl adjacent to an activating group) is 1. The molecule has 0 saturated heterocycles. The second kappa shape index (κ2) is 87.6. The van der Waals surface area contributed by atoms with Crippen LogP contribution in [0.4, 0.5) is 0 Å². The number of carboxylic acid groups (broad SMARTS) is 1. The Labute approximate surface area is 656 Å². The minimum Gasteiger partial charge on any atom is -0.477 e. The fraction of sp³-hybridized carbons (Fsp3) is 0.948. The van der Waals surface area contributed by atoms with Gasteiger partial charge in [-0.25, -0.2) is 4.79 Å². The van der Waals surface area contributed by atoms with Crippen LogP contribution in [0.2, 0.25) is 0 Å². The van der Waals surface area contributed by atoms with E-state index in [4.69, 9.17) is 18.9 Å². The van der Waals surface area contributed by atoms with Crippen molar-refractivity contribution in [2.24, 2.45) is 0 Å². The first-order chi connectivity index (χ1) is 51.6. The number of aliphatic carboxylic acids is 1. The molecule has 0 bridgehead atoms. The quantitative estimate of drug-likeness (QED) is 0.0211. The molecule has 0 spiro atoms. The number of rotatable bonds is 92. The largest absolute Gasteiger partial charge is 0.477 e. The molecule has 0 amide bonds. The van der Waals surface area contributed by atoms with Gasteiger partial charge in [-0.05, 0) is 38.5 Å². The highest BCUT2D eigenvalue weighted by Crippen LogP contribution is 2.22. The lowest BCUT2D eigenvalue weighted by atomic mass is 10.0. The molecule has 0 aliphatic heterocycles. The Kier molecular flexibility index (Phi) is 86.0. The Morgan fingerprint density at radius 1 is 0.276 bits per heavy atom. The molecule has 0 aromatic rings. The average Bonchev–Trinajstić information content (AvgIpc) is 1.97. The van der Waals surface area contributed by atoms with Crippen molar-refractivity contribution in [3.8, 4) is 0 Å². The van der Waals surface area contributed by atoms with Gasteiger partial charge in [0, 0.05) is 12.8 Å². The first-order valence-electron chi connectivity index (χ1n) is 47.9. The van der Waals surface area contributed by atoms with Gasteiger partial charge in [-0.15, -0.1) is 0 Å². The van der Waals surface area contributed by atoms with Gasteiger partial charge < -0.3 is 28.5 Å². The van der Waals surface area contributed by atoms with Crippen LogP contribution in [0.3, 0.4) is 0 Å². The minimum absolute atomic E-state index is 0.172. The predicted molar refractivity (Wildman–Crippen MR) is 457 cm³/mol. The summed E-state index contributed by atoms with van der Waals surface area (Å²) in [5.41, 5.74) is 0. The lowest BCUT2D eigenvalue weighted by Gasteiger charge is -2.25. The van der Waals surface area contributed by atoms with E-state index in [1.54, 1.807) is 0 Å². The molecule has 0 radical (unpaired) electrons. The van der Waals surface area contributed by atoms with E-state index in [2.05, 4.69) is 26.0 Å². The van der Waals surface area contributed by atoms with Crippen molar-refractivity contribution in [2.45, 2.75) is 540 Å². The predicted octanol–water partition coefficient (Wildman–Crippen LogP) is 31.4. The third-order valence-corrected chi connectivity index (χ3v) is 22.5. The van der Waals surface area contributed by atoms with E-state index >= 15 is 0 Å². The third kappa shape index (κ3) is 89.1. The van der Waals surface area contributed by atoms with Gasteiger partial charge in [0.05, 0.1) is 34.4 Å². The first-order valence-corrected chi connectivity index (χ1v) is 47.9. The van der Waals surface area contributed by atoms with Crippen LogP contribution >= 0.6 is 0 Å². The van der Waals surface area contributed by atoms with Crippen molar-refractivity contribution in [3.05, 3.63) is 12.2 Å². The molecule has 0 aliphatic rings. The molecule has 624 valence electrons. The van der Waals surface area contributed by atoms with Crippen molar-refractivity contribution in [1.29, 1.82) is 0 Å². The van der Waals surface area contributed by atoms with Gasteiger partial charge in [0.1, 0.15) is 13.2 Å². The molecule has 0 aromatic carbocycles. The number of unbranched alkanes of at least 4 members (excludes halogenated alkanes) is 75. The van der Waals surface area contributed by atoms with E-state index in [0.29, 0.717) is 17.4 Å². The average molecular weight is 1480 g/mol. The smallest absolute Gasteiger partial charge is 0.361 e. The summed E-state index contributed by atoms with van der Waals surface area (Å²) in [7, 11) is 6.01. The van der Waals surface area contributed by atoms with Crippen molar-refractivity contribution >= 4 is 17.9 Å². The van der Waals surface area contributed by atoms with E-state index in [0.717, 1.165) is 38.5 Å². The second-order valence-electron chi connectivity index (χ2n) is 34.4. The summed E-state index contributed by atoms with van der Waals surface area (Å²) in [5.74, 6) is -1.96. The topological polar surface area (TPSA) is 108 Å². The fourth-order valence-corrected chi connectivity index (χ4v) is 15.3. The van der Waals surface area contributed by atoms with E-state index < -0.39 is 18.4 Å². The van der Waals surface area contributed by atoms with Gasteiger partial charge in [0.15, 0.2) is 6.10 Å². The molecule has 9 heteroatoms. The van der Waals surface area contributed by atoms with E-state index in [1.807, 2.05) is 21.1 Å². The molecular weight excluding hydrogens is 1300 g/mol. The molecule has 0 aliphatic carbocycles. The number of hydrogen-bond donors (Lipinski definition) is 1. The normalized spacial score (nSPS) is 12.5. The minimum atomic E-state index is -1.51. The number of carbonyl (C=O) groups is 3. The molecule has 2 atom stereocenters. The van der Waals surface area contributed by atoms with Crippen molar-refractivity contribution < 1.29 is 42.9 Å². The zero-order valence-corrected chi connectivity index (χ0v) is 72.0. The van der Waals surface area contributed by atoms with Crippen LogP contribution in [0.1, 0.15) is 528 Å². The zero-order chi connectivity index (χ0) is 76.0. The van der Waals surface area contributed by atoms with Gasteiger partial charge in [-0.2, -0.15) is 0 Å². The summed E-state index contributed by atoms with van der Waals surface area (Å²) < 4.78 is 23.1. The van der Waals surface area contributed by atoms with Crippen LogP contribution in [0.5, 0.6) is 0 Å². The summed E-state index contributed by atoms with van der Waals surface area (Å²) in [6, 6.07) is 0. The summed E-state index contributed by atoms with van der Waals surface area (Å²) in [6.45, 7) is 4.99. The van der Waals surface area contributed by atoms with Crippen molar-refractivity contribution in [1.82, 2.24) is 0 Å². The highest BCUT2D eigenvalue weighted by atomic mass is 16.7. The maximum atomic E-state index is 13.0. The molecule has 1 N–H and O–H groups in total. The zero-order valence-electron chi connectivity index (χ0n) is 72.0. The fourth-order valence-electron chi connectivity index (χ4n) is 15.3. The number of nitrogens with zero attached hydrogens (tertiary/aromatic N) is 1. The molecule has 2 unspecified atom stereocenters. The van der Waals surface area contributed by atoms with Crippen molar-refractivity contribution in [3.63, 3.8) is 0 Å². The number of ether oxygens (including phenoxy) is 4. The standard InChI is InChI=1S/C96H187NO8/c1-6-8-10-12-14-16-18-20-22-24-26-28-30-32-34-36-38-40-42-44-46-47-49-50-52-54-56-58-60-62-64-66-68-70-72-74-76-78-80-82-84-86-93(98)103-90-92(91-104-96(95(100)101)102-89-88-97(3,4)5)105-94(99)87-85-83-81-79-77-75-73-71-69-67-65-63-61-59-57-55-53-51-48-45-43-41-39-37-35-33-31-29-27-25-23-21-19-17-15-13-11-9-7-2/h25,27,92,96H,6-24,26,28-91H2,1-5H3/p+1/b27-25-. The monoisotopic (exact) mass is 1480 g/mol. The van der Waals surface area contributed by atoms with Crippen LogP contribution in [0.25, 0.3) is 0 Å². The second-order valence-corrected chi connectivity index (χ2v) is 34.4. The molecule has 9 nitrogen and oxygen atoms in total. The Morgan fingerprint density at radius 2 is 0.486 bits per heavy atom. The number of carbonyl (C=O) groups excluding carboxylic acids is 2. The maximum absolute atomic E-state index is 13.0. The van der Waals surface area contributed by atoms with Crippen LogP contribution < -0.4 is 0 Å². The molecule has 105 heavy (non-hydrogen) atoms. The molecule has 0 fully saturated rings. The van der Waals surface area contributed by atoms with E-state index in [9.17, 15) is 19.5 Å². The molecule has 0 heterocycles. The van der Waals surface area contributed by atoms with Crippen LogP contribution in [-0.2, 0) is 33.3 Å². The summed E-state index contributed by atoms with van der Waals surface area (Å²) >= 11 is 0. The number of quaternary nitrogens is 1. The SMILES string of the molecule is CCCCCCCCCC/C=C\CCCCCCCCCCCCCCCCCCCCCCCCCCCCCC(=O)OC(COC(=O)CCCCCCCCCCCCCCCCCCCCCCCCCCCCCCCCCCCCCCCCCCC)COC(OCC[N+](C)(C)C)C(=O)O. The Bertz CT molecular complexity index is 1730. The van der Waals surface area contributed by atoms with E-state index in [-0.39, 0.29) is 38.2 Å². The highest BCUT2D eigenvalue weighted by molar-refractivity contribution is 5.71. The van der Waals surface area contributed by atoms with Gasteiger partial charge in [0.25, 0.3) is 6.29 Å². The van der Waals surface area contributed by atoms with Gasteiger partial charge in [-0.3, -0.25) is 9.59 Å².